The fourth-order valence-corrected chi connectivity index (χ4v) is 2.38. The predicted molar refractivity (Wildman–Crippen MR) is 78.9 cm³/mol. The lowest BCUT2D eigenvalue weighted by atomic mass is 10.0. The molecule has 0 aliphatic heterocycles. The third kappa shape index (κ3) is 2.53. The molecule has 0 amide bonds. The van der Waals surface area contributed by atoms with E-state index in [9.17, 15) is 9.90 Å². The maximum Gasteiger partial charge on any atom is 0.417 e. The number of aromatic amines is 1. The summed E-state index contributed by atoms with van der Waals surface area (Å²) in [6.07, 6.45) is -0.915. The topological polar surface area (TPSA) is 75.5 Å². The summed E-state index contributed by atoms with van der Waals surface area (Å²) < 4.78 is 10.2. The van der Waals surface area contributed by atoms with E-state index in [-0.39, 0.29) is 0 Å². The SMILES string of the molecule is COc1cc(Cl)ccc1C(O)c1ccc2[nH]c(=O)oc2c1. The number of halogens is 1. The van der Waals surface area contributed by atoms with Gasteiger partial charge in [-0.15, -0.1) is 0 Å². The van der Waals surface area contributed by atoms with Crippen LogP contribution in [0.4, 0.5) is 0 Å². The van der Waals surface area contributed by atoms with Gasteiger partial charge in [0.15, 0.2) is 5.58 Å². The Balaban J connectivity index is 2.07. The molecule has 0 aliphatic rings. The van der Waals surface area contributed by atoms with Gasteiger partial charge in [0.25, 0.3) is 0 Å². The molecule has 0 radical (unpaired) electrons. The summed E-state index contributed by atoms with van der Waals surface area (Å²) in [5.74, 6) is -0.0358. The van der Waals surface area contributed by atoms with E-state index in [0.29, 0.717) is 33.0 Å². The Kier molecular flexibility index (Phi) is 3.45. The summed E-state index contributed by atoms with van der Waals surface area (Å²) in [6, 6.07) is 10.0. The van der Waals surface area contributed by atoms with Crippen LogP contribution in [0.25, 0.3) is 11.1 Å². The van der Waals surface area contributed by atoms with E-state index in [2.05, 4.69) is 4.98 Å². The van der Waals surface area contributed by atoms with E-state index < -0.39 is 11.9 Å². The van der Waals surface area contributed by atoms with Gasteiger partial charge in [0.1, 0.15) is 11.9 Å². The van der Waals surface area contributed by atoms with Crippen LogP contribution in [0.1, 0.15) is 17.2 Å². The van der Waals surface area contributed by atoms with Crippen molar-refractivity contribution >= 4 is 22.7 Å². The van der Waals surface area contributed by atoms with E-state index in [4.69, 9.17) is 20.8 Å². The number of hydrogen-bond donors (Lipinski definition) is 2. The summed E-state index contributed by atoms with van der Waals surface area (Å²) in [7, 11) is 1.51. The highest BCUT2D eigenvalue weighted by atomic mass is 35.5. The first-order valence-electron chi connectivity index (χ1n) is 6.23. The number of aliphatic hydroxyl groups excluding tert-OH is 1. The normalized spacial score (nSPS) is 12.5. The van der Waals surface area contributed by atoms with Crippen LogP contribution in [0.15, 0.2) is 45.6 Å². The molecule has 3 aromatic rings. The molecule has 0 saturated heterocycles. The molecule has 21 heavy (non-hydrogen) atoms. The summed E-state index contributed by atoms with van der Waals surface area (Å²) in [5, 5.41) is 11.0. The van der Waals surface area contributed by atoms with Crippen molar-refractivity contribution in [1.82, 2.24) is 4.98 Å². The van der Waals surface area contributed by atoms with Gasteiger partial charge < -0.3 is 14.3 Å². The Bertz CT molecular complexity index is 852. The number of H-pyrrole nitrogens is 1. The molecule has 0 saturated carbocycles. The Morgan fingerprint density at radius 1 is 1.29 bits per heavy atom. The maximum absolute atomic E-state index is 11.2. The van der Waals surface area contributed by atoms with Crippen molar-refractivity contribution in [2.75, 3.05) is 7.11 Å². The summed E-state index contributed by atoms with van der Waals surface area (Å²) in [5.41, 5.74) is 2.15. The third-order valence-electron chi connectivity index (χ3n) is 3.25. The second-order valence-corrected chi connectivity index (χ2v) is 5.00. The maximum atomic E-state index is 11.2. The number of benzene rings is 2. The van der Waals surface area contributed by atoms with Crippen LogP contribution in [-0.4, -0.2) is 17.2 Å². The summed E-state index contributed by atoms with van der Waals surface area (Å²) in [6.45, 7) is 0. The molecule has 3 rings (SSSR count). The van der Waals surface area contributed by atoms with Crippen LogP contribution in [0.3, 0.4) is 0 Å². The first kappa shape index (κ1) is 13.7. The molecule has 0 aliphatic carbocycles. The molecule has 1 atom stereocenters. The Morgan fingerprint density at radius 3 is 2.86 bits per heavy atom. The Hall–Kier alpha value is -2.24. The molecule has 2 N–H and O–H groups in total. The van der Waals surface area contributed by atoms with Gasteiger partial charge in [-0.1, -0.05) is 23.7 Å². The molecule has 0 fully saturated rings. The highest BCUT2D eigenvalue weighted by Crippen LogP contribution is 2.32. The van der Waals surface area contributed by atoms with Crippen molar-refractivity contribution in [3.63, 3.8) is 0 Å². The van der Waals surface area contributed by atoms with Crippen molar-refractivity contribution in [2.24, 2.45) is 0 Å². The standard InChI is InChI=1S/C15H12ClNO4/c1-20-12-7-9(16)3-4-10(12)14(18)8-2-5-11-13(6-8)21-15(19)17-11/h2-7,14,18H,1H3,(H,17,19). The van der Waals surface area contributed by atoms with Crippen LogP contribution in [0.5, 0.6) is 5.75 Å². The van der Waals surface area contributed by atoms with Gasteiger partial charge in [-0.25, -0.2) is 4.79 Å². The number of nitrogens with one attached hydrogen (secondary N) is 1. The number of hydrogen-bond acceptors (Lipinski definition) is 4. The van der Waals surface area contributed by atoms with Crippen LogP contribution in [-0.2, 0) is 0 Å². The zero-order valence-corrected chi connectivity index (χ0v) is 11.8. The quantitative estimate of drug-likeness (QED) is 0.780. The molecule has 2 aromatic carbocycles. The average Bonchev–Trinajstić information content (AvgIpc) is 2.85. The van der Waals surface area contributed by atoms with Gasteiger partial charge in [-0.05, 0) is 29.8 Å². The number of methoxy groups -OCH3 is 1. The minimum atomic E-state index is -0.915. The van der Waals surface area contributed by atoms with E-state index in [1.54, 1.807) is 36.4 Å². The molecular weight excluding hydrogens is 294 g/mol. The van der Waals surface area contributed by atoms with Crippen LogP contribution in [0.2, 0.25) is 5.02 Å². The van der Waals surface area contributed by atoms with E-state index in [1.165, 1.54) is 7.11 Å². The molecule has 1 aromatic heterocycles. The van der Waals surface area contributed by atoms with Crippen molar-refractivity contribution in [2.45, 2.75) is 6.10 Å². The number of aromatic nitrogens is 1. The minimum Gasteiger partial charge on any atom is -0.496 e. The molecule has 0 bridgehead atoms. The molecule has 5 nitrogen and oxygen atoms in total. The van der Waals surface area contributed by atoms with E-state index >= 15 is 0 Å². The predicted octanol–water partition coefficient (Wildman–Crippen LogP) is 2.86. The highest BCUT2D eigenvalue weighted by Gasteiger charge is 2.17. The first-order chi connectivity index (χ1) is 10.1. The van der Waals surface area contributed by atoms with Crippen LogP contribution in [0, 0.1) is 0 Å². The third-order valence-corrected chi connectivity index (χ3v) is 3.49. The fourth-order valence-electron chi connectivity index (χ4n) is 2.22. The number of ether oxygens (including phenoxy) is 1. The summed E-state index contributed by atoms with van der Waals surface area (Å²) in [4.78, 5) is 13.7. The highest BCUT2D eigenvalue weighted by molar-refractivity contribution is 6.30. The molecule has 6 heteroatoms. The molecule has 108 valence electrons. The fraction of sp³-hybridized carbons (Fsp3) is 0.133. The average molecular weight is 306 g/mol. The lowest BCUT2D eigenvalue weighted by Gasteiger charge is -2.15. The second-order valence-electron chi connectivity index (χ2n) is 4.56. The number of oxazole rings is 1. The van der Waals surface area contributed by atoms with Crippen molar-refractivity contribution in [3.05, 3.63) is 63.1 Å². The van der Waals surface area contributed by atoms with Gasteiger partial charge in [0.2, 0.25) is 0 Å². The van der Waals surface area contributed by atoms with Crippen molar-refractivity contribution in [1.29, 1.82) is 0 Å². The molecule has 1 unspecified atom stereocenters. The van der Waals surface area contributed by atoms with Gasteiger partial charge in [-0.3, -0.25) is 4.98 Å². The van der Waals surface area contributed by atoms with E-state index in [1.807, 2.05) is 0 Å². The van der Waals surface area contributed by atoms with Gasteiger partial charge >= 0.3 is 5.76 Å². The lowest BCUT2D eigenvalue weighted by molar-refractivity contribution is 0.215. The van der Waals surface area contributed by atoms with E-state index in [0.717, 1.165) is 0 Å². The molecule has 1 heterocycles. The first-order valence-corrected chi connectivity index (χ1v) is 6.60. The van der Waals surface area contributed by atoms with Gasteiger partial charge in [0.05, 0.1) is 12.6 Å². The van der Waals surface area contributed by atoms with Crippen LogP contribution >= 0.6 is 11.6 Å². The minimum absolute atomic E-state index is 0.393. The number of aliphatic hydroxyl groups is 1. The van der Waals surface area contributed by atoms with Gasteiger partial charge in [-0.2, -0.15) is 0 Å². The molecular formula is C15H12ClNO4. The van der Waals surface area contributed by atoms with Crippen molar-refractivity contribution in [3.8, 4) is 5.75 Å². The smallest absolute Gasteiger partial charge is 0.417 e. The number of fused-ring (bicyclic) bond motifs is 1. The second kappa shape index (κ2) is 5.27. The number of rotatable bonds is 3. The van der Waals surface area contributed by atoms with Crippen molar-refractivity contribution < 1.29 is 14.3 Å². The zero-order chi connectivity index (χ0) is 15.0. The summed E-state index contributed by atoms with van der Waals surface area (Å²) >= 11 is 5.91. The Labute approximate surface area is 124 Å². The van der Waals surface area contributed by atoms with Gasteiger partial charge in [0, 0.05) is 10.6 Å². The van der Waals surface area contributed by atoms with Crippen LogP contribution < -0.4 is 10.5 Å². The zero-order valence-electron chi connectivity index (χ0n) is 11.1. The Morgan fingerprint density at radius 2 is 2.10 bits per heavy atom. The lowest BCUT2D eigenvalue weighted by Crippen LogP contribution is -2.02. The monoisotopic (exact) mass is 305 g/mol. The largest absolute Gasteiger partial charge is 0.496 e. The molecule has 0 spiro atoms.